The number of nitrogens with zero attached hydrogens (tertiary/aromatic N) is 1. The number of hydrogen-bond acceptors (Lipinski definition) is 5. The molecular formula is C21H21NO6. The van der Waals surface area contributed by atoms with Crippen LogP contribution < -0.4 is 5.63 Å². The summed E-state index contributed by atoms with van der Waals surface area (Å²) in [7, 11) is 0. The number of likely N-dealkylation sites (tertiary alicyclic amines) is 1. The highest BCUT2D eigenvalue weighted by atomic mass is 16.4. The molecule has 0 bridgehead atoms. The molecule has 1 atom stereocenters. The van der Waals surface area contributed by atoms with E-state index in [0.29, 0.717) is 36.1 Å². The van der Waals surface area contributed by atoms with Gasteiger partial charge in [-0.25, -0.2) is 9.59 Å². The van der Waals surface area contributed by atoms with Gasteiger partial charge in [-0.1, -0.05) is 0 Å². The Morgan fingerprint density at radius 2 is 1.79 bits per heavy atom. The zero-order valence-electron chi connectivity index (χ0n) is 16.0. The van der Waals surface area contributed by atoms with Gasteiger partial charge >= 0.3 is 11.6 Å². The van der Waals surface area contributed by atoms with Crippen LogP contribution in [-0.2, 0) is 16.0 Å². The highest BCUT2D eigenvalue weighted by Gasteiger charge is 2.34. The van der Waals surface area contributed by atoms with Crippen molar-refractivity contribution in [1.29, 1.82) is 0 Å². The van der Waals surface area contributed by atoms with Crippen LogP contribution in [0.1, 0.15) is 35.3 Å². The van der Waals surface area contributed by atoms with Crippen molar-refractivity contribution < 1.29 is 23.5 Å². The van der Waals surface area contributed by atoms with Gasteiger partial charge in [-0.05, 0) is 50.8 Å². The molecule has 1 aliphatic heterocycles. The maximum atomic E-state index is 12.7. The van der Waals surface area contributed by atoms with E-state index < -0.39 is 17.6 Å². The third-order valence-corrected chi connectivity index (χ3v) is 5.77. The molecule has 7 heteroatoms. The molecule has 0 spiro atoms. The Bertz CT molecular complexity index is 1190. The Morgan fingerprint density at radius 3 is 2.50 bits per heavy atom. The summed E-state index contributed by atoms with van der Waals surface area (Å²) < 4.78 is 11.2. The van der Waals surface area contributed by atoms with Crippen LogP contribution in [0.5, 0.6) is 0 Å². The van der Waals surface area contributed by atoms with Crippen molar-refractivity contribution in [1.82, 2.24) is 4.90 Å². The van der Waals surface area contributed by atoms with E-state index in [1.54, 1.807) is 13.0 Å². The molecule has 1 aromatic carbocycles. The highest BCUT2D eigenvalue weighted by molar-refractivity contribution is 5.97. The molecule has 3 heterocycles. The lowest BCUT2D eigenvalue weighted by molar-refractivity contribution is -0.148. The number of rotatable bonds is 3. The summed E-state index contributed by atoms with van der Waals surface area (Å²) >= 11 is 0. The SMILES string of the molecule is Cc1oc2cc3oc(=O)c(CC(=O)N4CCCC4C(=O)O)c(C)c3cc2c1C. The Labute approximate surface area is 160 Å². The summed E-state index contributed by atoms with van der Waals surface area (Å²) in [4.78, 5) is 37.9. The number of fused-ring (bicyclic) bond motifs is 2. The maximum Gasteiger partial charge on any atom is 0.340 e. The summed E-state index contributed by atoms with van der Waals surface area (Å²) in [5.41, 5.74) is 2.43. The highest BCUT2D eigenvalue weighted by Crippen LogP contribution is 2.31. The van der Waals surface area contributed by atoms with Crippen LogP contribution in [-0.4, -0.2) is 34.5 Å². The smallest absolute Gasteiger partial charge is 0.340 e. The molecule has 4 rings (SSSR count). The van der Waals surface area contributed by atoms with Crippen LogP contribution in [0.15, 0.2) is 25.8 Å². The molecule has 0 saturated carbocycles. The van der Waals surface area contributed by atoms with Crippen LogP contribution >= 0.6 is 0 Å². The monoisotopic (exact) mass is 383 g/mol. The molecule has 1 amide bonds. The van der Waals surface area contributed by atoms with Gasteiger partial charge in [0.25, 0.3) is 0 Å². The van der Waals surface area contributed by atoms with Crippen LogP contribution in [0.4, 0.5) is 0 Å². The zero-order valence-corrected chi connectivity index (χ0v) is 16.0. The fraction of sp³-hybridized carbons (Fsp3) is 0.381. The molecule has 28 heavy (non-hydrogen) atoms. The first-order valence-corrected chi connectivity index (χ1v) is 9.26. The summed E-state index contributed by atoms with van der Waals surface area (Å²) in [5.74, 6) is -0.577. The number of carbonyl (C=O) groups excluding carboxylic acids is 1. The van der Waals surface area contributed by atoms with E-state index in [2.05, 4.69) is 0 Å². The number of aryl methyl sites for hydroxylation is 3. The Kier molecular flexibility index (Phi) is 4.25. The molecule has 3 aromatic rings. The van der Waals surface area contributed by atoms with Gasteiger partial charge in [0.2, 0.25) is 5.91 Å². The fourth-order valence-electron chi connectivity index (χ4n) is 4.00. The van der Waals surface area contributed by atoms with Gasteiger partial charge in [0.1, 0.15) is 23.0 Å². The minimum absolute atomic E-state index is 0.171. The lowest BCUT2D eigenvalue weighted by Gasteiger charge is -2.21. The molecule has 0 aliphatic carbocycles. The second kappa shape index (κ2) is 6.51. The lowest BCUT2D eigenvalue weighted by Crippen LogP contribution is -2.41. The fourth-order valence-corrected chi connectivity index (χ4v) is 4.00. The van der Waals surface area contributed by atoms with Crippen LogP contribution in [0.2, 0.25) is 0 Å². The van der Waals surface area contributed by atoms with Gasteiger partial charge < -0.3 is 18.8 Å². The van der Waals surface area contributed by atoms with Crippen molar-refractivity contribution >= 4 is 33.8 Å². The van der Waals surface area contributed by atoms with Crippen LogP contribution in [0.25, 0.3) is 21.9 Å². The third-order valence-electron chi connectivity index (χ3n) is 5.77. The first-order valence-electron chi connectivity index (χ1n) is 9.26. The number of carboxylic acids is 1. The first-order chi connectivity index (χ1) is 13.3. The lowest BCUT2D eigenvalue weighted by atomic mass is 10.0. The van der Waals surface area contributed by atoms with Crippen LogP contribution in [0, 0.1) is 20.8 Å². The Balaban J connectivity index is 1.78. The average Bonchev–Trinajstić information content (AvgIpc) is 3.23. The third kappa shape index (κ3) is 2.78. The van der Waals surface area contributed by atoms with Crippen molar-refractivity contribution in [3.8, 4) is 0 Å². The van der Waals surface area contributed by atoms with Gasteiger partial charge in [0.15, 0.2) is 0 Å². The van der Waals surface area contributed by atoms with Crippen LogP contribution in [0.3, 0.4) is 0 Å². The van der Waals surface area contributed by atoms with E-state index in [4.69, 9.17) is 8.83 Å². The number of hydrogen-bond donors (Lipinski definition) is 1. The molecule has 7 nitrogen and oxygen atoms in total. The number of furan rings is 1. The summed E-state index contributed by atoms with van der Waals surface area (Å²) in [6.07, 6.45) is 0.907. The molecule has 1 unspecified atom stereocenters. The first kappa shape index (κ1) is 18.3. The Morgan fingerprint density at radius 1 is 1.11 bits per heavy atom. The summed E-state index contributed by atoms with van der Waals surface area (Å²) in [6.45, 7) is 6.02. The predicted octanol–water partition coefficient (Wildman–Crippen LogP) is 3.08. The normalized spacial score (nSPS) is 17.0. The van der Waals surface area contributed by atoms with E-state index in [9.17, 15) is 19.5 Å². The van der Waals surface area contributed by atoms with Gasteiger partial charge in [-0.3, -0.25) is 4.79 Å². The molecular weight excluding hydrogens is 362 g/mol. The summed E-state index contributed by atoms with van der Waals surface area (Å²) in [6, 6.07) is 2.79. The van der Waals surface area contributed by atoms with Crippen molar-refractivity contribution in [3.05, 3.63) is 45.0 Å². The molecule has 2 aromatic heterocycles. The number of carboxylic acid groups (broad SMARTS) is 1. The standard InChI is InChI=1S/C21H21NO6/c1-10-12(3)27-17-9-18-14(7-13(10)17)11(2)15(21(26)28-18)8-19(23)22-6-4-5-16(22)20(24)25/h7,9,16H,4-6,8H2,1-3H3,(H,24,25). The van der Waals surface area contributed by atoms with Gasteiger partial charge in [-0.15, -0.1) is 0 Å². The van der Waals surface area contributed by atoms with Crippen molar-refractivity contribution in [2.24, 2.45) is 0 Å². The largest absolute Gasteiger partial charge is 0.480 e. The van der Waals surface area contributed by atoms with Gasteiger partial charge in [-0.2, -0.15) is 0 Å². The van der Waals surface area contributed by atoms with Gasteiger partial charge in [0, 0.05) is 23.4 Å². The maximum absolute atomic E-state index is 12.7. The Hall–Kier alpha value is -3.09. The zero-order chi connectivity index (χ0) is 20.2. The second-order valence-electron chi connectivity index (χ2n) is 7.38. The van der Waals surface area contributed by atoms with E-state index in [1.165, 1.54) is 4.90 Å². The van der Waals surface area contributed by atoms with E-state index in [0.717, 1.165) is 22.1 Å². The molecule has 1 saturated heterocycles. The quantitative estimate of drug-likeness (QED) is 0.698. The minimum atomic E-state index is -1.01. The van der Waals surface area contributed by atoms with E-state index in [1.807, 2.05) is 19.9 Å². The molecule has 1 aliphatic rings. The predicted molar refractivity (Wildman–Crippen MR) is 103 cm³/mol. The second-order valence-corrected chi connectivity index (χ2v) is 7.38. The summed E-state index contributed by atoms with van der Waals surface area (Å²) in [5, 5.41) is 11.0. The van der Waals surface area contributed by atoms with Crippen molar-refractivity contribution in [2.75, 3.05) is 6.54 Å². The number of carbonyl (C=O) groups is 2. The average molecular weight is 383 g/mol. The van der Waals surface area contributed by atoms with Gasteiger partial charge in [0.05, 0.1) is 12.0 Å². The minimum Gasteiger partial charge on any atom is -0.480 e. The number of amides is 1. The van der Waals surface area contributed by atoms with E-state index in [-0.39, 0.29) is 17.9 Å². The number of benzene rings is 1. The topological polar surface area (TPSA) is 101 Å². The molecule has 146 valence electrons. The van der Waals surface area contributed by atoms with E-state index >= 15 is 0 Å². The molecule has 0 radical (unpaired) electrons. The molecule has 1 N–H and O–H groups in total. The molecule has 1 fully saturated rings. The van der Waals surface area contributed by atoms with Crippen molar-refractivity contribution in [3.63, 3.8) is 0 Å². The van der Waals surface area contributed by atoms with Crippen molar-refractivity contribution in [2.45, 2.75) is 46.1 Å². The number of aliphatic carboxylic acids is 1.